The highest BCUT2D eigenvalue weighted by Gasteiger charge is 2.20. The zero-order chi connectivity index (χ0) is 15.9. The molecule has 0 amide bonds. The molecule has 0 aliphatic carbocycles. The van der Waals surface area contributed by atoms with Gasteiger partial charge in [0.2, 0.25) is 0 Å². The largest absolute Gasteiger partial charge is 0.508 e. The number of ether oxygens (including phenoxy) is 1. The minimum absolute atomic E-state index is 0.349. The summed E-state index contributed by atoms with van der Waals surface area (Å²) in [4.78, 5) is 2.49. The first kappa shape index (κ1) is 16.0. The average Bonchev–Trinajstić information content (AvgIpc) is 2.61. The molecule has 1 saturated heterocycles. The van der Waals surface area contributed by atoms with Gasteiger partial charge in [-0.05, 0) is 55.1 Å². The number of piperidine rings is 1. The van der Waals surface area contributed by atoms with Gasteiger partial charge in [0.15, 0.2) is 0 Å². The first-order valence-electron chi connectivity index (χ1n) is 8.44. The van der Waals surface area contributed by atoms with E-state index in [9.17, 15) is 5.11 Å². The number of aromatic hydroxyl groups is 1. The molecule has 3 rings (SSSR count). The van der Waals surface area contributed by atoms with Crippen molar-refractivity contribution in [1.29, 1.82) is 0 Å². The van der Waals surface area contributed by atoms with Crippen molar-refractivity contribution in [3.8, 4) is 5.75 Å². The molecule has 0 unspecified atom stereocenters. The summed E-state index contributed by atoms with van der Waals surface area (Å²) >= 11 is 0. The van der Waals surface area contributed by atoms with Crippen LogP contribution in [0.4, 0.5) is 0 Å². The lowest BCUT2D eigenvalue weighted by molar-refractivity contribution is 0.0840. The Morgan fingerprint density at radius 1 is 0.957 bits per heavy atom. The lowest BCUT2D eigenvalue weighted by Gasteiger charge is -2.32. The quantitative estimate of drug-likeness (QED) is 0.824. The molecule has 0 aromatic heterocycles. The molecule has 0 spiro atoms. The first-order valence-corrected chi connectivity index (χ1v) is 8.44. The van der Waals surface area contributed by atoms with Gasteiger partial charge in [-0.1, -0.05) is 42.5 Å². The fraction of sp³-hybridized carbons (Fsp3) is 0.400. The second-order valence-electron chi connectivity index (χ2n) is 6.25. The van der Waals surface area contributed by atoms with Crippen LogP contribution in [0.15, 0.2) is 54.6 Å². The van der Waals surface area contributed by atoms with Crippen molar-refractivity contribution >= 4 is 0 Å². The Morgan fingerprint density at radius 3 is 2.35 bits per heavy atom. The highest BCUT2D eigenvalue weighted by atomic mass is 16.5. The molecule has 2 aromatic carbocycles. The summed E-state index contributed by atoms with van der Waals surface area (Å²) in [5.41, 5.74) is 2.58. The number of phenols is 1. The van der Waals surface area contributed by atoms with Crippen LogP contribution in [0.25, 0.3) is 0 Å². The highest BCUT2D eigenvalue weighted by molar-refractivity contribution is 5.28. The van der Waals surface area contributed by atoms with E-state index >= 15 is 0 Å². The monoisotopic (exact) mass is 311 g/mol. The van der Waals surface area contributed by atoms with Crippen molar-refractivity contribution in [3.05, 3.63) is 65.7 Å². The van der Waals surface area contributed by atoms with Crippen LogP contribution in [-0.4, -0.2) is 36.2 Å². The fourth-order valence-corrected chi connectivity index (χ4v) is 3.19. The summed E-state index contributed by atoms with van der Waals surface area (Å²) in [6.07, 6.45) is 2.37. The number of hydrogen-bond acceptors (Lipinski definition) is 3. The van der Waals surface area contributed by atoms with Crippen LogP contribution in [0.3, 0.4) is 0 Å². The smallest absolute Gasteiger partial charge is 0.115 e. The summed E-state index contributed by atoms with van der Waals surface area (Å²) < 4.78 is 5.78. The summed E-state index contributed by atoms with van der Waals surface area (Å²) in [5, 5.41) is 9.38. The Hall–Kier alpha value is -1.84. The van der Waals surface area contributed by atoms with Crippen molar-refractivity contribution < 1.29 is 9.84 Å². The maximum atomic E-state index is 9.38. The van der Waals surface area contributed by atoms with E-state index in [1.807, 2.05) is 18.2 Å². The predicted octanol–water partition coefficient (Wildman–Crippen LogP) is 3.79. The van der Waals surface area contributed by atoms with Crippen LogP contribution in [0.2, 0.25) is 0 Å². The molecule has 1 heterocycles. The highest BCUT2D eigenvalue weighted by Crippen LogP contribution is 2.28. The topological polar surface area (TPSA) is 32.7 Å². The van der Waals surface area contributed by atoms with Gasteiger partial charge < -0.3 is 14.7 Å². The van der Waals surface area contributed by atoms with Gasteiger partial charge in [0.05, 0.1) is 13.2 Å². The number of likely N-dealkylation sites (tertiary alicyclic amines) is 1. The van der Waals surface area contributed by atoms with Gasteiger partial charge in [-0.25, -0.2) is 0 Å². The van der Waals surface area contributed by atoms with Gasteiger partial charge in [0.1, 0.15) is 5.75 Å². The van der Waals surface area contributed by atoms with E-state index in [0.29, 0.717) is 18.3 Å². The molecule has 2 aromatic rings. The Balaban J connectivity index is 1.35. The van der Waals surface area contributed by atoms with E-state index in [1.54, 1.807) is 12.1 Å². The van der Waals surface area contributed by atoms with E-state index < -0.39 is 0 Å². The first-order chi connectivity index (χ1) is 11.3. The third kappa shape index (κ3) is 4.81. The van der Waals surface area contributed by atoms with Gasteiger partial charge in [-0.2, -0.15) is 0 Å². The molecule has 1 aliphatic rings. The summed E-state index contributed by atoms with van der Waals surface area (Å²) in [6, 6.07) is 18.0. The van der Waals surface area contributed by atoms with Crippen LogP contribution in [0, 0.1) is 0 Å². The van der Waals surface area contributed by atoms with Gasteiger partial charge >= 0.3 is 0 Å². The molecular formula is C20H25NO2. The van der Waals surface area contributed by atoms with Gasteiger partial charge in [0.25, 0.3) is 0 Å². The van der Waals surface area contributed by atoms with Crippen molar-refractivity contribution in [3.63, 3.8) is 0 Å². The van der Waals surface area contributed by atoms with Crippen molar-refractivity contribution in [2.75, 3.05) is 26.2 Å². The van der Waals surface area contributed by atoms with E-state index in [0.717, 1.165) is 26.2 Å². The third-order valence-corrected chi connectivity index (χ3v) is 4.62. The van der Waals surface area contributed by atoms with Gasteiger partial charge in [0, 0.05) is 6.54 Å². The zero-order valence-corrected chi connectivity index (χ0v) is 13.5. The predicted molar refractivity (Wildman–Crippen MR) is 92.6 cm³/mol. The van der Waals surface area contributed by atoms with Crippen LogP contribution in [0.1, 0.15) is 29.9 Å². The van der Waals surface area contributed by atoms with E-state index in [-0.39, 0.29) is 0 Å². The molecule has 122 valence electrons. The summed E-state index contributed by atoms with van der Waals surface area (Å²) in [7, 11) is 0. The van der Waals surface area contributed by atoms with Crippen LogP contribution in [-0.2, 0) is 11.3 Å². The lowest BCUT2D eigenvalue weighted by atomic mass is 9.89. The van der Waals surface area contributed by atoms with Crippen LogP contribution < -0.4 is 0 Å². The molecule has 1 aliphatic heterocycles. The molecule has 3 nitrogen and oxygen atoms in total. The average molecular weight is 311 g/mol. The molecule has 23 heavy (non-hydrogen) atoms. The Labute approximate surface area is 138 Å². The second kappa shape index (κ2) is 8.14. The number of phenolic OH excluding ortho intramolecular Hbond substituents is 1. The van der Waals surface area contributed by atoms with Gasteiger partial charge in [-0.3, -0.25) is 0 Å². The zero-order valence-electron chi connectivity index (χ0n) is 13.5. The molecule has 1 fully saturated rings. The molecule has 0 saturated carbocycles. The van der Waals surface area contributed by atoms with Crippen LogP contribution in [0.5, 0.6) is 5.75 Å². The molecular weight excluding hydrogens is 286 g/mol. The SMILES string of the molecule is Oc1ccc(C2CCN(CCOCc3ccccc3)CC2)cc1. The molecule has 0 atom stereocenters. The number of benzene rings is 2. The molecule has 0 bridgehead atoms. The summed E-state index contributed by atoms with van der Waals surface area (Å²) in [6.45, 7) is 4.75. The Kier molecular flexibility index (Phi) is 5.67. The van der Waals surface area contributed by atoms with Crippen molar-refractivity contribution in [1.82, 2.24) is 4.90 Å². The number of nitrogens with zero attached hydrogens (tertiary/aromatic N) is 1. The molecule has 3 heteroatoms. The minimum atomic E-state index is 0.349. The number of hydrogen-bond donors (Lipinski definition) is 1. The molecule has 1 N–H and O–H groups in total. The maximum absolute atomic E-state index is 9.38. The van der Waals surface area contributed by atoms with Crippen LogP contribution >= 0.6 is 0 Å². The number of rotatable bonds is 6. The maximum Gasteiger partial charge on any atom is 0.115 e. The minimum Gasteiger partial charge on any atom is -0.508 e. The fourth-order valence-electron chi connectivity index (χ4n) is 3.19. The normalized spacial score (nSPS) is 16.5. The Morgan fingerprint density at radius 2 is 1.65 bits per heavy atom. The van der Waals surface area contributed by atoms with E-state index in [4.69, 9.17) is 4.74 Å². The summed E-state index contributed by atoms with van der Waals surface area (Å²) in [5.74, 6) is 0.971. The van der Waals surface area contributed by atoms with E-state index in [1.165, 1.54) is 24.0 Å². The Bertz CT molecular complexity index is 574. The van der Waals surface area contributed by atoms with Gasteiger partial charge in [-0.15, -0.1) is 0 Å². The van der Waals surface area contributed by atoms with Crippen molar-refractivity contribution in [2.24, 2.45) is 0 Å². The lowest BCUT2D eigenvalue weighted by Crippen LogP contribution is -2.35. The standard InChI is InChI=1S/C20H25NO2/c22-20-8-6-18(7-9-20)19-10-12-21(13-11-19)14-15-23-16-17-4-2-1-3-5-17/h1-9,19,22H,10-16H2. The molecule has 0 radical (unpaired) electrons. The third-order valence-electron chi connectivity index (χ3n) is 4.62. The van der Waals surface area contributed by atoms with E-state index in [2.05, 4.69) is 29.2 Å². The second-order valence-corrected chi connectivity index (χ2v) is 6.25. The van der Waals surface area contributed by atoms with Crippen molar-refractivity contribution in [2.45, 2.75) is 25.4 Å².